The van der Waals surface area contributed by atoms with Crippen LogP contribution in [0.5, 0.6) is 5.75 Å². The zero-order chi connectivity index (χ0) is 34.9. The number of rotatable bonds is 7. The molecular weight excluding hydrogens is 661 g/mol. The van der Waals surface area contributed by atoms with Crippen molar-refractivity contribution in [1.29, 1.82) is 0 Å². The normalized spacial score (nSPS) is 21.0. The average molecular weight is 705 g/mol. The summed E-state index contributed by atoms with van der Waals surface area (Å²) in [5.41, 5.74) is 0.678. The number of hydrogen-bond acceptors (Lipinski definition) is 6. The summed E-state index contributed by atoms with van der Waals surface area (Å²) in [6.07, 6.45) is -1.87. The topological polar surface area (TPSA) is 99.7 Å². The third kappa shape index (κ3) is 8.10. The number of hydrogen-bond donors (Lipinski definition) is 2. The fourth-order valence-corrected chi connectivity index (χ4v) is 7.97. The summed E-state index contributed by atoms with van der Waals surface area (Å²) in [6, 6.07) is 9.93. The zero-order valence-electron chi connectivity index (χ0n) is 27.7. The number of piperazine rings is 1. The lowest BCUT2D eigenvalue weighted by atomic mass is 9.91. The standard InChI is InChI=1S/C35H44ClF3N6O4/c1-41-10-6-26(7-11-41)42-14-16-44(17-15-42)33(48)25(18-23-19-28(35(37,38)39)32(47)29(36)20-23)21-31(46)43-12-8-27(9-13-43)45-22-24-4-2-3-5-30(24)40-34(45)49/h2-5,19-20,25-27,47H,6-18,21-22H2,1H3,(H,40,49)/t25-/m0/s1. The molecule has 0 aliphatic carbocycles. The van der Waals surface area contributed by atoms with Crippen LogP contribution >= 0.6 is 11.6 Å². The van der Waals surface area contributed by atoms with Gasteiger partial charge in [-0.2, -0.15) is 13.2 Å². The van der Waals surface area contributed by atoms with Crippen LogP contribution in [-0.2, 0) is 28.7 Å². The highest BCUT2D eigenvalue weighted by atomic mass is 35.5. The molecule has 0 aromatic heterocycles. The van der Waals surface area contributed by atoms with Crippen LogP contribution in [0.3, 0.4) is 0 Å². The first-order valence-corrected chi connectivity index (χ1v) is 17.5. The van der Waals surface area contributed by atoms with Gasteiger partial charge in [0, 0.05) is 70.0 Å². The van der Waals surface area contributed by atoms with E-state index in [2.05, 4.69) is 22.2 Å². The van der Waals surface area contributed by atoms with Crippen molar-refractivity contribution < 1.29 is 32.7 Å². The summed E-state index contributed by atoms with van der Waals surface area (Å²) in [4.78, 5) is 50.6. The molecule has 14 heteroatoms. The monoisotopic (exact) mass is 704 g/mol. The number of halogens is 4. The fourth-order valence-electron chi connectivity index (χ4n) is 7.73. The number of fused-ring (bicyclic) bond motifs is 1. The van der Waals surface area contributed by atoms with Crippen LogP contribution in [-0.4, -0.2) is 119 Å². The van der Waals surface area contributed by atoms with E-state index in [1.807, 2.05) is 24.3 Å². The number of para-hydroxylation sites is 1. The van der Waals surface area contributed by atoms with Gasteiger partial charge in [0.1, 0.15) is 5.75 Å². The minimum absolute atomic E-state index is 0.0596. The van der Waals surface area contributed by atoms with Crippen LogP contribution in [0.2, 0.25) is 5.02 Å². The number of carbonyl (C=O) groups is 3. The number of alkyl halides is 3. The van der Waals surface area contributed by atoms with E-state index in [0.29, 0.717) is 64.7 Å². The minimum Gasteiger partial charge on any atom is -0.506 e. The van der Waals surface area contributed by atoms with E-state index in [1.165, 1.54) is 6.07 Å². The van der Waals surface area contributed by atoms with E-state index in [1.54, 1.807) is 14.7 Å². The first kappa shape index (κ1) is 35.3. The van der Waals surface area contributed by atoms with Gasteiger partial charge in [-0.25, -0.2) is 4.79 Å². The maximum atomic E-state index is 14.1. The molecule has 4 aliphatic rings. The molecule has 4 aliphatic heterocycles. The third-order valence-electron chi connectivity index (χ3n) is 10.6. The maximum Gasteiger partial charge on any atom is 0.420 e. The molecule has 4 heterocycles. The number of nitrogens with zero attached hydrogens (tertiary/aromatic N) is 5. The van der Waals surface area contributed by atoms with E-state index < -0.39 is 28.4 Å². The van der Waals surface area contributed by atoms with Crippen molar-refractivity contribution in [2.24, 2.45) is 5.92 Å². The Bertz CT molecular complexity index is 1540. The van der Waals surface area contributed by atoms with Crippen molar-refractivity contribution in [1.82, 2.24) is 24.5 Å². The summed E-state index contributed by atoms with van der Waals surface area (Å²) in [5, 5.41) is 12.5. The van der Waals surface area contributed by atoms with Crippen LogP contribution in [0.1, 0.15) is 48.8 Å². The number of phenolic OH excluding ortho intramolecular Hbond substituents is 1. The van der Waals surface area contributed by atoms with Gasteiger partial charge >= 0.3 is 12.2 Å². The first-order chi connectivity index (χ1) is 23.4. The van der Waals surface area contributed by atoms with E-state index in [9.17, 15) is 32.7 Å². The summed E-state index contributed by atoms with van der Waals surface area (Å²) >= 11 is 6.02. The molecule has 0 bridgehead atoms. The quantitative estimate of drug-likeness (QED) is 0.426. The number of amides is 4. The van der Waals surface area contributed by atoms with Crippen molar-refractivity contribution in [3.63, 3.8) is 0 Å². The molecule has 0 unspecified atom stereocenters. The van der Waals surface area contributed by atoms with Crippen molar-refractivity contribution in [2.75, 3.05) is 64.7 Å². The van der Waals surface area contributed by atoms with Gasteiger partial charge in [-0.15, -0.1) is 0 Å². The zero-order valence-corrected chi connectivity index (χ0v) is 28.5. The minimum atomic E-state index is -4.85. The maximum absolute atomic E-state index is 14.1. The van der Waals surface area contributed by atoms with E-state index in [0.717, 1.165) is 43.2 Å². The Kier molecular flexibility index (Phi) is 10.6. The second kappa shape index (κ2) is 14.7. The van der Waals surface area contributed by atoms with Gasteiger partial charge in [-0.1, -0.05) is 29.8 Å². The lowest BCUT2D eigenvalue weighted by molar-refractivity contribution is -0.143. The molecule has 4 amide bonds. The van der Waals surface area contributed by atoms with E-state index in [-0.39, 0.29) is 42.3 Å². The van der Waals surface area contributed by atoms with Crippen LogP contribution in [0.4, 0.5) is 23.7 Å². The molecule has 6 rings (SSSR count). The van der Waals surface area contributed by atoms with Crippen molar-refractivity contribution in [3.8, 4) is 5.75 Å². The van der Waals surface area contributed by atoms with E-state index >= 15 is 0 Å². The lowest BCUT2D eigenvalue weighted by Crippen LogP contribution is -2.55. The largest absolute Gasteiger partial charge is 0.506 e. The van der Waals surface area contributed by atoms with Crippen molar-refractivity contribution >= 4 is 35.1 Å². The predicted molar refractivity (Wildman–Crippen MR) is 179 cm³/mol. The summed E-state index contributed by atoms with van der Waals surface area (Å²) in [6.45, 7) is 5.69. The number of piperidine rings is 2. The smallest absolute Gasteiger partial charge is 0.420 e. The molecule has 3 fully saturated rings. The van der Waals surface area contributed by atoms with E-state index in [4.69, 9.17) is 11.6 Å². The summed E-state index contributed by atoms with van der Waals surface area (Å²) in [5.74, 6) is -2.49. The van der Waals surface area contributed by atoms with Gasteiger partial charge in [0.05, 0.1) is 16.5 Å². The molecule has 2 aromatic carbocycles. The van der Waals surface area contributed by atoms with Gasteiger partial charge in [-0.05, 0) is 81.6 Å². The number of likely N-dealkylation sites (tertiary alicyclic amines) is 2. The Hall–Kier alpha value is -3.55. The number of benzene rings is 2. The highest BCUT2D eigenvalue weighted by molar-refractivity contribution is 6.32. The highest BCUT2D eigenvalue weighted by Crippen LogP contribution is 2.41. The SMILES string of the molecule is CN1CCC(N2CCN(C(=O)[C@H](CC(=O)N3CCC(N4Cc5ccccc5NC4=O)CC3)Cc3cc(Cl)c(O)c(C(F)(F)F)c3)CC2)CC1. The Morgan fingerprint density at radius 3 is 2.27 bits per heavy atom. The van der Waals surface area contributed by atoms with Gasteiger partial charge in [0.25, 0.3) is 0 Å². The predicted octanol–water partition coefficient (Wildman–Crippen LogP) is 4.89. The highest BCUT2D eigenvalue weighted by Gasteiger charge is 2.38. The number of nitrogens with one attached hydrogen (secondary N) is 1. The molecule has 2 N–H and O–H groups in total. The molecule has 266 valence electrons. The summed E-state index contributed by atoms with van der Waals surface area (Å²) in [7, 11) is 2.11. The van der Waals surface area contributed by atoms with Crippen LogP contribution < -0.4 is 5.32 Å². The van der Waals surface area contributed by atoms with Gasteiger partial charge in [0.2, 0.25) is 11.8 Å². The number of aromatic hydroxyl groups is 1. The molecule has 10 nitrogen and oxygen atoms in total. The Balaban J connectivity index is 1.13. The van der Waals surface area contributed by atoms with Gasteiger partial charge < -0.3 is 30.0 Å². The molecule has 0 saturated carbocycles. The summed E-state index contributed by atoms with van der Waals surface area (Å²) < 4.78 is 41.2. The molecule has 0 spiro atoms. The Morgan fingerprint density at radius 2 is 1.59 bits per heavy atom. The molecular formula is C35H44ClF3N6O4. The second-order valence-electron chi connectivity index (χ2n) is 13.8. The molecule has 0 radical (unpaired) electrons. The Morgan fingerprint density at radius 1 is 0.939 bits per heavy atom. The number of anilines is 1. The lowest BCUT2D eigenvalue weighted by Gasteiger charge is -2.43. The molecule has 1 atom stereocenters. The first-order valence-electron chi connectivity index (χ1n) is 17.1. The number of phenols is 1. The molecule has 3 saturated heterocycles. The van der Waals surface area contributed by atoms with Crippen LogP contribution in [0.25, 0.3) is 0 Å². The van der Waals surface area contributed by atoms with Crippen LogP contribution in [0.15, 0.2) is 36.4 Å². The van der Waals surface area contributed by atoms with Crippen molar-refractivity contribution in [2.45, 2.75) is 63.3 Å². The number of urea groups is 1. The third-order valence-corrected chi connectivity index (χ3v) is 10.9. The van der Waals surface area contributed by atoms with Gasteiger partial charge in [-0.3, -0.25) is 14.5 Å². The average Bonchev–Trinajstić information content (AvgIpc) is 3.09. The van der Waals surface area contributed by atoms with Crippen LogP contribution in [0, 0.1) is 5.92 Å². The second-order valence-corrected chi connectivity index (χ2v) is 14.2. The van der Waals surface area contributed by atoms with Crippen molar-refractivity contribution in [3.05, 3.63) is 58.1 Å². The fraction of sp³-hybridized carbons (Fsp3) is 0.571. The van der Waals surface area contributed by atoms with Gasteiger partial charge in [0.15, 0.2) is 0 Å². The number of carbonyl (C=O) groups excluding carboxylic acids is 3. The Labute approximate surface area is 289 Å². The molecule has 2 aromatic rings. The molecule has 49 heavy (non-hydrogen) atoms.